The molecule has 4 heteroatoms. The maximum atomic E-state index is 4.89. The number of imidazole rings is 1. The molecule has 172 valence electrons. The lowest BCUT2D eigenvalue weighted by Gasteiger charge is -2.44. The van der Waals surface area contributed by atoms with Gasteiger partial charge in [0.1, 0.15) is 5.82 Å². The topological polar surface area (TPSA) is 32.9 Å². The summed E-state index contributed by atoms with van der Waals surface area (Å²) in [6, 6.07) is 21.5. The van der Waals surface area contributed by atoms with Crippen LogP contribution in [-0.4, -0.2) is 45.7 Å². The fraction of sp³-hybridized carbons (Fsp3) is 0.552. The zero-order chi connectivity index (χ0) is 22.0. The van der Waals surface area contributed by atoms with Gasteiger partial charge in [0.15, 0.2) is 0 Å². The average molecular weight is 441 g/mol. The molecular weight excluding hydrogens is 404 g/mol. The Morgan fingerprint density at radius 3 is 2.55 bits per heavy atom. The summed E-state index contributed by atoms with van der Waals surface area (Å²) in [7, 11) is 0. The zero-order valence-corrected chi connectivity index (χ0v) is 19.8. The Morgan fingerprint density at radius 1 is 0.970 bits per heavy atom. The number of nitrogens with zero attached hydrogens (tertiary/aromatic N) is 3. The second kappa shape index (κ2) is 7.41. The summed E-state index contributed by atoms with van der Waals surface area (Å²) in [6.07, 6.45) is 9.34. The van der Waals surface area contributed by atoms with Crippen LogP contribution in [0.15, 0.2) is 54.6 Å². The highest BCUT2D eigenvalue weighted by atomic mass is 15.4. The van der Waals surface area contributed by atoms with E-state index in [9.17, 15) is 0 Å². The summed E-state index contributed by atoms with van der Waals surface area (Å²) in [4.78, 5) is 7.84. The Morgan fingerprint density at radius 2 is 1.76 bits per heavy atom. The number of hydrogen-bond acceptors (Lipinski definition) is 3. The van der Waals surface area contributed by atoms with E-state index in [1.165, 1.54) is 62.8 Å². The van der Waals surface area contributed by atoms with Gasteiger partial charge >= 0.3 is 0 Å². The average Bonchev–Trinajstić information content (AvgIpc) is 3.40. The molecule has 5 atom stereocenters. The van der Waals surface area contributed by atoms with Crippen molar-refractivity contribution in [3.8, 4) is 0 Å². The van der Waals surface area contributed by atoms with Crippen molar-refractivity contribution >= 4 is 11.0 Å². The van der Waals surface area contributed by atoms with Gasteiger partial charge in [-0.1, -0.05) is 42.5 Å². The van der Waals surface area contributed by atoms with Crippen molar-refractivity contribution in [3.63, 3.8) is 0 Å². The molecule has 2 aliphatic carbocycles. The van der Waals surface area contributed by atoms with Crippen molar-refractivity contribution in [3.05, 3.63) is 66.0 Å². The molecule has 2 aliphatic heterocycles. The Bertz CT molecular complexity index is 1160. The highest BCUT2D eigenvalue weighted by Crippen LogP contribution is 2.66. The van der Waals surface area contributed by atoms with E-state index in [2.05, 4.69) is 76.3 Å². The smallest absolute Gasteiger partial charge is 0.106 e. The Hall–Kier alpha value is -2.17. The predicted molar refractivity (Wildman–Crippen MR) is 134 cm³/mol. The fourth-order valence-electron chi connectivity index (χ4n) is 8.19. The molecule has 7 rings (SSSR count). The van der Waals surface area contributed by atoms with Gasteiger partial charge in [-0.15, -0.1) is 0 Å². The van der Waals surface area contributed by atoms with Crippen molar-refractivity contribution in [2.24, 2.45) is 5.92 Å². The molecule has 0 bridgehead atoms. The summed E-state index contributed by atoms with van der Waals surface area (Å²) in [5.41, 5.74) is 4.95. The molecule has 2 aromatic carbocycles. The molecule has 2 saturated heterocycles. The number of hydrogen-bond donors (Lipinski definition) is 1. The molecule has 4 nitrogen and oxygen atoms in total. The van der Waals surface area contributed by atoms with Crippen LogP contribution in [0, 0.1) is 12.8 Å². The normalized spacial score (nSPS) is 34.3. The van der Waals surface area contributed by atoms with Crippen LogP contribution in [0.1, 0.15) is 62.4 Å². The number of likely N-dealkylation sites (tertiary alicyclic amines) is 1. The molecule has 1 spiro atoms. The van der Waals surface area contributed by atoms with Gasteiger partial charge in [-0.2, -0.15) is 0 Å². The second-order valence-corrected chi connectivity index (χ2v) is 11.2. The monoisotopic (exact) mass is 440 g/mol. The van der Waals surface area contributed by atoms with Crippen LogP contribution in [0.4, 0.5) is 0 Å². The molecule has 0 radical (unpaired) electrons. The lowest BCUT2D eigenvalue weighted by Crippen LogP contribution is -2.45. The van der Waals surface area contributed by atoms with Crippen molar-refractivity contribution in [1.82, 2.24) is 19.8 Å². The number of fused-ring (bicyclic) bond motifs is 1. The first-order valence-electron chi connectivity index (χ1n) is 13.2. The highest BCUT2D eigenvalue weighted by molar-refractivity contribution is 5.76. The van der Waals surface area contributed by atoms with Crippen LogP contribution in [0.3, 0.4) is 0 Å². The summed E-state index contributed by atoms with van der Waals surface area (Å²) >= 11 is 0. The van der Waals surface area contributed by atoms with Gasteiger partial charge in [0, 0.05) is 17.6 Å². The van der Waals surface area contributed by atoms with E-state index in [4.69, 9.17) is 4.98 Å². The molecule has 33 heavy (non-hydrogen) atoms. The van der Waals surface area contributed by atoms with E-state index in [0.29, 0.717) is 17.0 Å². The van der Waals surface area contributed by atoms with Gasteiger partial charge in [0.2, 0.25) is 0 Å². The minimum Gasteiger partial charge on any atom is -0.325 e. The Labute approximate surface area is 197 Å². The molecule has 0 amide bonds. The molecule has 4 fully saturated rings. The summed E-state index contributed by atoms with van der Waals surface area (Å²) in [6.45, 7) is 5.78. The Kier molecular flexibility index (Phi) is 4.54. The molecule has 4 aliphatic rings. The van der Waals surface area contributed by atoms with Crippen molar-refractivity contribution in [1.29, 1.82) is 0 Å². The largest absolute Gasteiger partial charge is 0.325 e. The summed E-state index contributed by atoms with van der Waals surface area (Å²) in [5.74, 6) is 2.07. The van der Waals surface area contributed by atoms with E-state index in [1.807, 2.05) is 0 Å². The standard InChI is InChI=1S/C29H36N4/c1-21-31-25-9-5-6-10-26(25)33(21)24-19-23-11-12-29(23)27(20-24)32(29)18-15-28(13-16-30-17-14-28)22-7-3-2-4-8-22/h2-10,23-24,27,30H,11-20H2,1H3/t23-,24+,27-,29?,32?/m0/s1. The third-order valence-corrected chi connectivity index (χ3v) is 9.99. The number of aryl methyl sites for hydroxylation is 1. The molecule has 1 aromatic heterocycles. The van der Waals surface area contributed by atoms with Gasteiger partial charge in [-0.3, -0.25) is 4.90 Å². The van der Waals surface area contributed by atoms with Gasteiger partial charge < -0.3 is 9.88 Å². The number of rotatable bonds is 5. The molecule has 3 aromatic rings. The predicted octanol–water partition coefficient (Wildman–Crippen LogP) is 5.22. The van der Waals surface area contributed by atoms with E-state index in [0.717, 1.165) is 30.6 Å². The number of nitrogens with one attached hydrogen (secondary N) is 1. The van der Waals surface area contributed by atoms with Crippen LogP contribution < -0.4 is 5.32 Å². The van der Waals surface area contributed by atoms with Gasteiger partial charge in [-0.25, -0.2) is 4.98 Å². The molecule has 2 saturated carbocycles. The minimum absolute atomic E-state index is 0.352. The number of benzene rings is 2. The van der Waals surface area contributed by atoms with Gasteiger partial charge in [0.25, 0.3) is 0 Å². The van der Waals surface area contributed by atoms with Crippen LogP contribution in [0.25, 0.3) is 11.0 Å². The number of para-hydroxylation sites is 2. The Balaban J connectivity index is 1.13. The maximum absolute atomic E-state index is 4.89. The molecular formula is C29H36N4. The fourth-order valence-corrected chi connectivity index (χ4v) is 8.19. The molecule has 2 unspecified atom stereocenters. The second-order valence-electron chi connectivity index (χ2n) is 11.2. The maximum Gasteiger partial charge on any atom is 0.106 e. The van der Waals surface area contributed by atoms with Crippen LogP contribution in [0.2, 0.25) is 0 Å². The van der Waals surface area contributed by atoms with Crippen LogP contribution in [0.5, 0.6) is 0 Å². The van der Waals surface area contributed by atoms with Crippen molar-refractivity contribution in [2.45, 2.75) is 74.9 Å². The van der Waals surface area contributed by atoms with Crippen molar-refractivity contribution in [2.75, 3.05) is 19.6 Å². The number of piperidine rings is 1. The number of aromatic nitrogens is 2. The van der Waals surface area contributed by atoms with Crippen LogP contribution in [-0.2, 0) is 5.41 Å². The SMILES string of the molecule is Cc1nc2ccccc2n1[C@@H]1C[C@@H]2CCC23[C@H](C1)N3CCC1(c2ccccc2)CCNCC1. The highest BCUT2D eigenvalue weighted by Gasteiger charge is 2.72. The quantitative estimate of drug-likeness (QED) is 0.552. The lowest BCUT2D eigenvalue weighted by molar-refractivity contribution is 0.111. The first kappa shape index (κ1) is 20.2. The van der Waals surface area contributed by atoms with Crippen molar-refractivity contribution < 1.29 is 0 Å². The van der Waals surface area contributed by atoms with Gasteiger partial charge in [-0.05, 0) is 101 Å². The molecule has 1 N–H and O–H groups in total. The third kappa shape index (κ3) is 2.93. The molecule has 3 heterocycles. The van der Waals surface area contributed by atoms with Crippen LogP contribution >= 0.6 is 0 Å². The van der Waals surface area contributed by atoms with E-state index in [1.54, 1.807) is 5.56 Å². The first-order chi connectivity index (χ1) is 16.2. The lowest BCUT2D eigenvalue weighted by atomic mass is 9.63. The van der Waals surface area contributed by atoms with Gasteiger partial charge in [0.05, 0.1) is 11.0 Å². The van der Waals surface area contributed by atoms with E-state index >= 15 is 0 Å². The van der Waals surface area contributed by atoms with E-state index < -0.39 is 0 Å². The first-order valence-corrected chi connectivity index (χ1v) is 13.2. The zero-order valence-electron chi connectivity index (χ0n) is 19.8. The summed E-state index contributed by atoms with van der Waals surface area (Å²) < 4.78 is 2.58. The summed E-state index contributed by atoms with van der Waals surface area (Å²) in [5, 5.41) is 3.61. The van der Waals surface area contributed by atoms with E-state index in [-0.39, 0.29) is 0 Å². The third-order valence-electron chi connectivity index (χ3n) is 9.99. The minimum atomic E-state index is 0.352.